The lowest BCUT2D eigenvalue weighted by molar-refractivity contribution is -0.106. The standard InChI is InChI=1S/C7H13ClO2/c1-4-9-7(6(3)8)10-5-2/h7H,3-5H2,1-2H3. The maximum Gasteiger partial charge on any atom is 0.193 e. The molecule has 60 valence electrons. The highest BCUT2D eigenvalue weighted by Crippen LogP contribution is 2.09. The van der Waals surface area contributed by atoms with Crippen LogP contribution in [0.5, 0.6) is 0 Å². The van der Waals surface area contributed by atoms with Crippen LogP contribution in [0.4, 0.5) is 0 Å². The zero-order chi connectivity index (χ0) is 7.98. The molecule has 0 radical (unpaired) electrons. The monoisotopic (exact) mass is 164 g/mol. The third kappa shape index (κ3) is 3.88. The molecule has 0 amide bonds. The van der Waals surface area contributed by atoms with Crippen LogP contribution in [0.15, 0.2) is 11.6 Å². The minimum atomic E-state index is -0.448. The van der Waals surface area contributed by atoms with Gasteiger partial charge in [-0.1, -0.05) is 18.2 Å². The number of halogens is 1. The van der Waals surface area contributed by atoms with Crippen molar-refractivity contribution in [2.75, 3.05) is 13.2 Å². The summed E-state index contributed by atoms with van der Waals surface area (Å²) in [4.78, 5) is 0. The minimum absolute atomic E-state index is 0.392. The van der Waals surface area contributed by atoms with Crippen molar-refractivity contribution in [1.29, 1.82) is 0 Å². The molecule has 0 N–H and O–H groups in total. The molecule has 0 heterocycles. The van der Waals surface area contributed by atoms with Gasteiger partial charge in [0.1, 0.15) is 0 Å². The maximum atomic E-state index is 5.56. The first-order chi connectivity index (χ1) is 4.72. The Morgan fingerprint density at radius 2 is 1.80 bits per heavy atom. The van der Waals surface area contributed by atoms with Crippen LogP contribution < -0.4 is 0 Å². The molecule has 0 fully saturated rings. The Hall–Kier alpha value is -0.0500. The number of hydrogen-bond donors (Lipinski definition) is 0. The fourth-order valence-corrected chi connectivity index (χ4v) is 0.658. The van der Waals surface area contributed by atoms with Crippen LogP contribution in [-0.4, -0.2) is 19.5 Å². The molecule has 0 saturated carbocycles. The predicted octanol–water partition coefficient (Wildman–Crippen LogP) is 2.14. The summed E-state index contributed by atoms with van der Waals surface area (Å²) in [5.74, 6) is 0. The summed E-state index contributed by atoms with van der Waals surface area (Å²) < 4.78 is 10.2. The number of rotatable bonds is 5. The predicted molar refractivity (Wildman–Crippen MR) is 42.0 cm³/mol. The molecule has 0 aliphatic rings. The van der Waals surface area contributed by atoms with Crippen molar-refractivity contribution in [2.45, 2.75) is 20.1 Å². The van der Waals surface area contributed by atoms with Crippen LogP contribution in [0, 0.1) is 0 Å². The molecule has 0 unspecified atom stereocenters. The lowest BCUT2D eigenvalue weighted by Crippen LogP contribution is -2.16. The van der Waals surface area contributed by atoms with E-state index in [0.717, 1.165) is 0 Å². The van der Waals surface area contributed by atoms with Crippen molar-refractivity contribution >= 4 is 11.6 Å². The average Bonchev–Trinajstić information content (AvgIpc) is 1.87. The van der Waals surface area contributed by atoms with Gasteiger partial charge in [-0.15, -0.1) is 0 Å². The lowest BCUT2D eigenvalue weighted by Gasteiger charge is -2.14. The van der Waals surface area contributed by atoms with Crippen LogP contribution in [0.25, 0.3) is 0 Å². The molecule has 0 saturated heterocycles. The summed E-state index contributed by atoms with van der Waals surface area (Å²) in [6.07, 6.45) is -0.448. The van der Waals surface area contributed by atoms with Gasteiger partial charge in [0.05, 0.1) is 5.03 Å². The summed E-state index contributed by atoms with van der Waals surface area (Å²) in [5, 5.41) is 0.392. The molecule has 0 spiro atoms. The normalized spacial score (nSPS) is 10.4. The maximum absolute atomic E-state index is 5.56. The van der Waals surface area contributed by atoms with Crippen molar-refractivity contribution in [3.05, 3.63) is 11.6 Å². The van der Waals surface area contributed by atoms with Gasteiger partial charge in [0.2, 0.25) is 0 Å². The highest BCUT2D eigenvalue weighted by molar-refractivity contribution is 6.29. The number of hydrogen-bond acceptors (Lipinski definition) is 2. The van der Waals surface area contributed by atoms with Crippen LogP contribution >= 0.6 is 11.6 Å². The highest BCUT2D eigenvalue weighted by Gasteiger charge is 2.08. The van der Waals surface area contributed by atoms with Gasteiger partial charge in [-0.05, 0) is 13.8 Å². The molecule has 0 aliphatic heterocycles. The summed E-state index contributed by atoms with van der Waals surface area (Å²) in [5.41, 5.74) is 0. The van der Waals surface area contributed by atoms with E-state index in [0.29, 0.717) is 18.2 Å². The molecule has 10 heavy (non-hydrogen) atoms. The molecule has 0 aromatic carbocycles. The fraction of sp³-hybridized carbons (Fsp3) is 0.714. The van der Waals surface area contributed by atoms with Crippen LogP contribution in [-0.2, 0) is 9.47 Å². The van der Waals surface area contributed by atoms with Crippen molar-refractivity contribution in [3.8, 4) is 0 Å². The SMILES string of the molecule is C=C(Cl)C(OCC)OCC. The van der Waals surface area contributed by atoms with Crippen molar-refractivity contribution in [1.82, 2.24) is 0 Å². The first-order valence-electron chi connectivity index (χ1n) is 3.29. The van der Waals surface area contributed by atoms with E-state index in [1.807, 2.05) is 13.8 Å². The van der Waals surface area contributed by atoms with Gasteiger partial charge < -0.3 is 9.47 Å². The average molecular weight is 165 g/mol. The first kappa shape index (κ1) is 9.95. The largest absolute Gasteiger partial charge is 0.348 e. The summed E-state index contributed by atoms with van der Waals surface area (Å²) in [6.45, 7) is 8.43. The molecule has 0 atom stereocenters. The lowest BCUT2D eigenvalue weighted by atomic mass is 10.6. The molecule has 0 aromatic rings. The van der Waals surface area contributed by atoms with Gasteiger partial charge in [0.15, 0.2) is 6.29 Å². The molecule has 2 nitrogen and oxygen atoms in total. The van der Waals surface area contributed by atoms with E-state index >= 15 is 0 Å². The molecule has 3 heteroatoms. The van der Waals surface area contributed by atoms with Gasteiger partial charge in [0.25, 0.3) is 0 Å². The topological polar surface area (TPSA) is 18.5 Å². The Balaban J connectivity index is 3.61. The third-order valence-electron chi connectivity index (χ3n) is 0.892. The van der Waals surface area contributed by atoms with Gasteiger partial charge in [0, 0.05) is 13.2 Å². The van der Waals surface area contributed by atoms with E-state index in [-0.39, 0.29) is 0 Å². The summed E-state index contributed by atoms with van der Waals surface area (Å²) >= 11 is 5.56. The van der Waals surface area contributed by atoms with Crippen LogP contribution in [0.3, 0.4) is 0 Å². The quantitative estimate of drug-likeness (QED) is 0.580. The van der Waals surface area contributed by atoms with Crippen LogP contribution in [0.1, 0.15) is 13.8 Å². The van der Waals surface area contributed by atoms with E-state index < -0.39 is 6.29 Å². The fourth-order valence-electron chi connectivity index (χ4n) is 0.532. The molecule has 0 aliphatic carbocycles. The van der Waals surface area contributed by atoms with E-state index in [1.165, 1.54) is 0 Å². The van der Waals surface area contributed by atoms with E-state index in [1.54, 1.807) is 0 Å². The highest BCUT2D eigenvalue weighted by atomic mass is 35.5. The van der Waals surface area contributed by atoms with Crippen LogP contribution in [0.2, 0.25) is 0 Å². The van der Waals surface area contributed by atoms with Gasteiger partial charge >= 0.3 is 0 Å². The Bertz CT molecular complexity index is 97.8. The Labute approximate surface area is 66.8 Å². The van der Waals surface area contributed by atoms with Crippen molar-refractivity contribution in [2.24, 2.45) is 0 Å². The Kier molecular flexibility index (Phi) is 5.69. The molecule has 0 aromatic heterocycles. The summed E-state index contributed by atoms with van der Waals surface area (Å²) in [6, 6.07) is 0. The zero-order valence-electron chi connectivity index (χ0n) is 6.39. The van der Waals surface area contributed by atoms with E-state index in [9.17, 15) is 0 Å². The molecular weight excluding hydrogens is 152 g/mol. The van der Waals surface area contributed by atoms with Gasteiger partial charge in [-0.25, -0.2) is 0 Å². The smallest absolute Gasteiger partial charge is 0.193 e. The molecular formula is C7H13ClO2. The molecule has 0 rings (SSSR count). The second-order valence-corrected chi connectivity index (χ2v) is 2.17. The molecule has 0 bridgehead atoms. The summed E-state index contributed by atoms with van der Waals surface area (Å²) in [7, 11) is 0. The second kappa shape index (κ2) is 5.71. The Morgan fingerprint density at radius 1 is 1.40 bits per heavy atom. The number of ether oxygens (including phenoxy) is 2. The second-order valence-electron chi connectivity index (χ2n) is 1.69. The van der Waals surface area contributed by atoms with Gasteiger partial charge in [-0.2, -0.15) is 0 Å². The third-order valence-corrected chi connectivity index (χ3v) is 1.07. The zero-order valence-corrected chi connectivity index (χ0v) is 7.15. The van der Waals surface area contributed by atoms with Crippen molar-refractivity contribution < 1.29 is 9.47 Å². The minimum Gasteiger partial charge on any atom is -0.348 e. The Morgan fingerprint density at radius 3 is 2.00 bits per heavy atom. The first-order valence-corrected chi connectivity index (χ1v) is 3.67. The van der Waals surface area contributed by atoms with E-state index in [4.69, 9.17) is 21.1 Å². The van der Waals surface area contributed by atoms with E-state index in [2.05, 4.69) is 6.58 Å². The van der Waals surface area contributed by atoms with Gasteiger partial charge in [-0.3, -0.25) is 0 Å². The van der Waals surface area contributed by atoms with Crippen molar-refractivity contribution in [3.63, 3.8) is 0 Å².